The standard InChI is InChI=1S/C17H24O7.Na.H/c1-3-20-10-22-15-13(18)17(19-2)23-12-9-21-16(24-14(12)15)11-7-5-4-6-8-11;;/h4-8,12-18H,3,9-10H2,1-2H3;;/q;+1;-1/t12-,13+,14-,15-,16?,17-;;/m1../s1. The van der Waals surface area contributed by atoms with Crippen molar-refractivity contribution in [2.45, 2.75) is 43.9 Å². The Morgan fingerprint density at radius 3 is 2.68 bits per heavy atom. The van der Waals surface area contributed by atoms with Gasteiger partial charge in [0.2, 0.25) is 0 Å². The normalized spacial score (nSPS) is 34.8. The monoisotopic (exact) mass is 364 g/mol. The topological polar surface area (TPSA) is 75.6 Å². The van der Waals surface area contributed by atoms with Crippen LogP contribution in [0.4, 0.5) is 0 Å². The molecule has 0 spiro atoms. The summed E-state index contributed by atoms with van der Waals surface area (Å²) in [6.07, 6.45) is -3.80. The molecule has 2 heterocycles. The molecule has 1 aromatic carbocycles. The molecule has 0 aromatic heterocycles. The van der Waals surface area contributed by atoms with Crippen LogP contribution < -0.4 is 29.6 Å². The Bertz CT molecular complexity index is 509. The molecule has 25 heavy (non-hydrogen) atoms. The molecule has 0 aliphatic carbocycles. The fraction of sp³-hybridized carbons (Fsp3) is 0.647. The van der Waals surface area contributed by atoms with E-state index in [1.165, 1.54) is 7.11 Å². The molecule has 1 aromatic rings. The van der Waals surface area contributed by atoms with Gasteiger partial charge in [0.15, 0.2) is 12.6 Å². The van der Waals surface area contributed by atoms with Crippen LogP contribution >= 0.6 is 0 Å². The van der Waals surface area contributed by atoms with Gasteiger partial charge in [-0.1, -0.05) is 30.3 Å². The molecule has 2 saturated heterocycles. The van der Waals surface area contributed by atoms with Crippen LogP contribution in [-0.4, -0.2) is 62.9 Å². The molecule has 136 valence electrons. The van der Waals surface area contributed by atoms with E-state index < -0.39 is 30.9 Å². The molecular formula is C17H25NaO7. The number of aliphatic hydroxyl groups excluding tert-OH is 1. The zero-order valence-corrected chi connectivity index (χ0v) is 16.9. The molecular weight excluding hydrogens is 339 g/mol. The van der Waals surface area contributed by atoms with E-state index in [2.05, 4.69) is 0 Å². The fourth-order valence-electron chi connectivity index (χ4n) is 2.94. The van der Waals surface area contributed by atoms with E-state index >= 15 is 0 Å². The maximum Gasteiger partial charge on any atom is 1.00 e. The van der Waals surface area contributed by atoms with Crippen molar-refractivity contribution >= 4 is 0 Å². The Kier molecular flexibility index (Phi) is 8.77. The molecule has 0 saturated carbocycles. The van der Waals surface area contributed by atoms with Gasteiger partial charge in [-0.25, -0.2) is 0 Å². The Morgan fingerprint density at radius 1 is 1.24 bits per heavy atom. The molecule has 0 bridgehead atoms. The van der Waals surface area contributed by atoms with Crippen LogP contribution in [0.5, 0.6) is 0 Å². The van der Waals surface area contributed by atoms with E-state index in [0.29, 0.717) is 13.2 Å². The smallest absolute Gasteiger partial charge is 1.00 e. The molecule has 2 aliphatic rings. The molecule has 1 N–H and O–H groups in total. The van der Waals surface area contributed by atoms with Crippen LogP contribution in [-0.2, 0) is 28.4 Å². The van der Waals surface area contributed by atoms with Crippen molar-refractivity contribution in [1.82, 2.24) is 0 Å². The summed E-state index contributed by atoms with van der Waals surface area (Å²) in [5, 5.41) is 10.5. The van der Waals surface area contributed by atoms with Crippen LogP contribution in [0.15, 0.2) is 30.3 Å². The van der Waals surface area contributed by atoms with Crippen molar-refractivity contribution in [3.8, 4) is 0 Å². The first-order valence-electron chi connectivity index (χ1n) is 8.12. The summed E-state index contributed by atoms with van der Waals surface area (Å²) in [7, 11) is 1.48. The van der Waals surface area contributed by atoms with Gasteiger partial charge in [0.05, 0.1) is 6.61 Å². The van der Waals surface area contributed by atoms with Crippen molar-refractivity contribution in [1.29, 1.82) is 0 Å². The third kappa shape index (κ3) is 5.01. The van der Waals surface area contributed by atoms with Gasteiger partial charge in [0, 0.05) is 19.3 Å². The van der Waals surface area contributed by atoms with Crippen molar-refractivity contribution < 1.29 is 64.5 Å². The largest absolute Gasteiger partial charge is 1.00 e. The predicted octanol–water partition coefficient (Wildman–Crippen LogP) is -1.67. The first-order valence-corrected chi connectivity index (χ1v) is 8.12. The van der Waals surface area contributed by atoms with Crippen LogP contribution in [0.3, 0.4) is 0 Å². The fourth-order valence-corrected chi connectivity index (χ4v) is 2.94. The molecule has 0 amide bonds. The van der Waals surface area contributed by atoms with E-state index in [4.69, 9.17) is 28.4 Å². The Balaban J connectivity index is 0.00000169. The Morgan fingerprint density at radius 2 is 2.00 bits per heavy atom. The number of hydrogen-bond acceptors (Lipinski definition) is 7. The number of rotatable bonds is 6. The molecule has 8 heteroatoms. The first kappa shape index (κ1) is 21.2. The number of benzene rings is 1. The molecule has 2 fully saturated rings. The van der Waals surface area contributed by atoms with Crippen molar-refractivity contribution in [3.05, 3.63) is 35.9 Å². The van der Waals surface area contributed by atoms with Crippen LogP contribution in [0.1, 0.15) is 20.2 Å². The van der Waals surface area contributed by atoms with Gasteiger partial charge in [-0.15, -0.1) is 0 Å². The van der Waals surface area contributed by atoms with Gasteiger partial charge in [0.25, 0.3) is 0 Å². The average Bonchev–Trinajstić information content (AvgIpc) is 2.63. The van der Waals surface area contributed by atoms with E-state index in [9.17, 15) is 5.11 Å². The van der Waals surface area contributed by atoms with E-state index in [1.807, 2.05) is 37.3 Å². The zero-order chi connectivity index (χ0) is 16.9. The maximum atomic E-state index is 10.5. The number of aliphatic hydroxyl groups is 1. The molecule has 1 unspecified atom stereocenters. The van der Waals surface area contributed by atoms with Gasteiger partial charge in [-0.05, 0) is 6.92 Å². The summed E-state index contributed by atoms with van der Waals surface area (Å²) in [6.45, 7) is 2.79. The number of fused-ring (bicyclic) bond motifs is 1. The number of methoxy groups -OCH3 is 1. The predicted molar refractivity (Wildman–Crippen MR) is 84.2 cm³/mol. The summed E-state index contributed by atoms with van der Waals surface area (Å²) in [5.74, 6) is 0. The number of ether oxygens (including phenoxy) is 6. The molecule has 7 nitrogen and oxygen atoms in total. The van der Waals surface area contributed by atoms with Crippen molar-refractivity contribution in [3.63, 3.8) is 0 Å². The minimum absolute atomic E-state index is 0. The average molecular weight is 364 g/mol. The van der Waals surface area contributed by atoms with E-state index in [-0.39, 0.29) is 43.9 Å². The van der Waals surface area contributed by atoms with Crippen molar-refractivity contribution in [2.75, 3.05) is 27.1 Å². The second-order valence-corrected chi connectivity index (χ2v) is 5.69. The van der Waals surface area contributed by atoms with Crippen molar-refractivity contribution in [2.24, 2.45) is 0 Å². The third-order valence-electron chi connectivity index (χ3n) is 4.16. The summed E-state index contributed by atoms with van der Waals surface area (Å²) in [5.41, 5.74) is 0.905. The summed E-state index contributed by atoms with van der Waals surface area (Å²) < 4.78 is 33.7. The third-order valence-corrected chi connectivity index (χ3v) is 4.16. The van der Waals surface area contributed by atoms with Gasteiger partial charge in [-0.3, -0.25) is 0 Å². The maximum absolute atomic E-state index is 10.5. The van der Waals surface area contributed by atoms with Crippen LogP contribution in [0.2, 0.25) is 0 Å². The molecule has 2 aliphatic heterocycles. The molecule has 0 radical (unpaired) electrons. The SMILES string of the molecule is CCOCO[C@@H]1[C@H](O)[C@H](OC)O[C@@H]2COC(c3ccccc3)O[C@@H]12.[H-].[Na+]. The summed E-state index contributed by atoms with van der Waals surface area (Å²) in [6, 6.07) is 9.63. The van der Waals surface area contributed by atoms with Gasteiger partial charge in [0.1, 0.15) is 31.2 Å². The number of hydrogen-bond donors (Lipinski definition) is 1. The second-order valence-electron chi connectivity index (χ2n) is 5.69. The van der Waals surface area contributed by atoms with E-state index in [1.54, 1.807) is 0 Å². The minimum atomic E-state index is -0.980. The van der Waals surface area contributed by atoms with Gasteiger partial charge in [-0.2, -0.15) is 0 Å². The Hall–Kier alpha value is -0.0600. The van der Waals surface area contributed by atoms with Crippen LogP contribution in [0, 0.1) is 0 Å². The molecule has 6 atom stereocenters. The summed E-state index contributed by atoms with van der Waals surface area (Å²) >= 11 is 0. The zero-order valence-electron chi connectivity index (χ0n) is 15.9. The van der Waals surface area contributed by atoms with Gasteiger partial charge < -0.3 is 35.0 Å². The van der Waals surface area contributed by atoms with Gasteiger partial charge >= 0.3 is 29.6 Å². The first-order chi connectivity index (χ1) is 11.7. The quantitative estimate of drug-likeness (QED) is 0.367. The Labute approximate surface area is 171 Å². The van der Waals surface area contributed by atoms with Crippen LogP contribution in [0.25, 0.3) is 0 Å². The summed E-state index contributed by atoms with van der Waals surface area (Å²) in [4.78, 5) is 0. The second kappa shape index (κ2) is 10.3. The van der Waals surface area contributed by atoms with E-state index in [0.717, 1.165) is 5.56 Å². The minimum Gasteiger partial charge on any atom is -1.00 e. The molecule has 3 rings (SSSR count).